The van der Waals surface area contributed by atoms with Gasteiger partial charge in [0.1, 0.15) is 11.6 Å². The summed E-state index contributed by atoms with van der Waals surface area (Å²) in [7, 11) is 1.41. The standard InChI is InChI=1S/C12H23NO4/c1-9(2)13-12(3,11(14)15-4)5-6-17-10-7-16-8-10/h9-10,13H,5-8H2,1-4H3. The van der Waals surface area contributed by atoms with Gasteiger partial charge in [-0.2, -0.15) is 0 Å². The molecule has 0 saturated carbocycles. The Balaban J connectivity index is 2.41. The molecule has 0 spiro atoms. The van der Waals surface area contributed by atoms with Crippen LogP contribution in [-0.4, -0.2) is 50.6 Å². The molecule has 1 atom stereocenters. The average molecular weight is 245 g/mol. The van der Waals surface area contributed by atoms with E-state index < -0.39 is 5.54 Å². The van der Waals surface area contributed by atoms with E-state index in [0.29, 0.717) is 26.2 Å². The zero-order valence-electron chi connectivity index (χ0n) is 11.1. The SMILES string of the molecule is COC(=O)C(C)(CCOC1COC1)NC(C)C. The predicted octanol–water partition coefficient (Wildman–Crippen LogP) is 0.722. The molecule has 0 aromatic carbocycles. The van der Waals surface area contributed by atoms with Crippen molar-refractivity contribution in [3.05, 3.63) is 0 Å². The molecule has 100 valence electrons. The highest BCUT2D eigenvalue weighted by Crippen LogP contribution is 2.15. The van der Waals surface area contributed by atoms with Crippen molar-refractivity contribution in [1.29, 1.82) is 0 Å². The van der Waals surface area contributed by atoms with Crippen LogP contribution in [0.2, 0.25) is 0 Å². The normalized spacial score (nSPS) is 19.8. The summed E-state index contributed by atoms with van der Waals surface area (Å²) in [4.78, 5) is 11.8. The quantitative estimate of drug-likeness (QED) is 0.670. The number of rotatable bonds is 7. The van der Waals surface area contributed by atoms with Gasteiger partial charge in [0.05, 0.1) is 20.3 Å². The van der Waals surface area contributed by atoms with Crippen LogP contribution < -0.4 is 5.32 Å². The number of carbonyl (C=O) groups excluding carboxylic acids is 1. The van der Waals surface area contributed by atoms with E-state index in [1.807, 2.05) is 20.8 Å². The Hall–Kier alpha value is -0.650. The van der Waals surface area contributed by atoms with Crippen LogP contribution in [0.15, 0.2) is 0 Å². The van der Waals surface area contributed by atoms with Gasteiger partial charge in [0, 0.05) is 12.6 Å². The van der Waals surface area contributed by atoms with Gasteiger partial charge in [-0.3, -0.25) is 10.1 Å². The van der Waals surface area contributed by atoms with E-state index >= 15 is 0 Å². The van der Waals surface area contributed by atoms with Crippen molar-refractivity contribution in [1.82, 2.24) is 5.32 Å². The maximum Gasteiger partial charge on any atom is 0.325 e. The highest BCUT2D eigenvalue weighted by molar-refractivity contribution is 5.80. The molecule has 0 aromatic rings. The number of methoxy groups -OCH3 is 1. The molecule has 1 saturated heterocycles. The first kappa shape index (κ1) is 14.4. The number of hydrogen-bond acceptors (Lipinski definition) is 5. The third-order valence-electron chi connectivity index (χ3n) is 2.81. The van der Waals surface area contributed by atoms with Crippen LogP contribution >= 0.6 is 0 Å². The lowest BCUT2D eigenvalue weighted by atomic mass is 9.97. The summed E-state index contributed by atoms with van der Waals surface area (Å²) < 4.78 is 15.4. The summed E-state index contributed by atoms with van der Waals surface area (Å²) in [5, 5.41) is 3.23. The lowest BCUT2D eigenvalue weighted by Crippen LogP contribution is -2.54. The van der Waals surface area contributed by atoms with Crippen LogP contribution in [0.4, 0.5) is 0 Å². The Morgan fingerprint density at radius 2 is 2.18 bits per heavy atom. The number of hydrogen-bond donors (Lipinski definition) is 1. The zero-order valence-corrected chi connectivity index (χ0v) is 11.1. The molecule has 0 radical (unpaired) electrons. The summed E-state index contributed by atoms with van der Waals surface area (Å²) in [6, 6.07) is 0.214. The molecular weight excluding hydrogens is 222 g/mol. The van der Waals surface area contributed by atoms with Crippen molar-refractivity contribution in [2.75, 3.05) is 26.9 Å². The maximum absolute atomic E-state index is 11.8. The lowest BCUT2D eigenvalue weighted by Gasteiger charge is -2.32. The van der Waals surface area contributed by atoms with E-state index in [4.69, 9.17) is 14.2 Å². The second-order valence-electron chi connectivity index (χ2n) is 4.90. The van der Waals surface area contributed by atoms with Gasteiger partial charge < -0.3 is 14.2 Å². The largest absolute Gasteiger partial charge is 0.468 e. The van der Waals surface area contributed by atoms with Crippen LogP contribution in [0.3, 0.4) is 0 Å². The Bertz CT molecular complexity index is 253. The molecule has 1 fully saturated rings. The van der Waals surface area contributed by atoms with E-state index in [0.717, 1.165) is 0 Å². The van der Waals surface area contributed by atoms with Crippen LogP contribution in [0.25, 0.3) is 0 Å². The van der Waals surface area contributed by atoms with Crippen molar-refractivity contribution in [3.63, 3.8) is 0 Å². The topological polar surface area (TPSA) is 56.8 Å². The molecule has 0 aliphatic carbocycles. The van der Waals surface area contributed by atoms with E-state index in [-0.39, 0.29) is 18.1 Å². The first-order chi connectivity index (χ1) is 7.98. The van der Waals surface area contributed by atoms with Gasteiger partial charge >= 0.3 is 5.97 Å². The van der Waals surface area contributed by atoms with Crippen LogP contribution in [0.1, 0.15) is 27.2 Å². The molecule has 0 amide bonds. The predicted molar refractivity (Wildman–Crippen MR) is 63.9 cm³/mol. The molecule has 0 bridgehead atoms. The minimum Gasteiger partial charge on any atom is -0.468 e. The molecule has 5 heteroatoms. The van der Waals surface area contributed by atoms with Crippen molar-refractivity contribution in [2.24, 2.45) is 0 Å². The second kappa shape index (κ2) is 6.33. The molecule has 1 unspecified atom stereocenters. The van der Waals surface area contributed by atoms with Gasteiger partial charge in [0.2, 0.25) is 0 Å². The molecule has 1 rings (SSSR count). The minimum absolute atomic E-state index is 0.191. The van der Waals surface area contributed by atoms with Crippen molar-refractivity contribution in [2.45, 2.75) is 44.9 Å². The first-order valence-electron chi connectivity index (χ1n) is 6.03. The highest BCUT2D eigenvalue weighted by atomic mass is 16.6. The number of esters is 1. The van der Waals surface area contributed by atoms with E-state index in [9.17, 15) is 4.79 Å². The van der Waals surface area contributed by atoms with Gasteiger partial charge in [0.15, 0.2) is 0 Å². The number of nitrogens with one attached hydrogen (secondary N) is 1. The Kier molecular flexibility index (Phi) is 5.36. The van der Waals surface area contributed by atoms with Gasteiger partial charge in [-0.15, -0.1) is 0 Å². The molecule has 5 nitrogen and oxygen atoms in total. The molecule has 1 aliphatic heterocycles. The van der Waals surface area contributed by atoms with Gasteiger partial charge in [-0.1, -0.05) is 0 Å². The third-order valence-corrected chi connectivity index (χ3v) is 2.81. The van der Waals surface area contributed by atoms with E-state index in [1.165, 1.54) is 7.11 Å². The maximum atomic E-state index is 11.8. The second-order valence-corrected chi connectivity index (χ2v) is 4.90. The summed E-state index contributed by atoms with van der Waals surface area (Å²) in [6.07, 6.45) is 0.782. The summed E-state index contributed by atoms with van der Waals surface area (Å²) in [5.41, 5.74) is -0.687. The summed E-state index contributed by atoms with van der Waals surface area (Å²) in [5.74, 6) is -0.250. The van der Waals surface area contributed by atoms with E-state index in [1.54, 1.807) is 0 Å². The number of carbonyl (C=O) groups is 1. The first-order valence-corrected chi connectivity index (χ1v) is 6.03. The monoisotopic (exact) mass is 245 g/mol. The molecular formula is C12H23NO4. The smallest absolute Gasteiger partial charge is 0.325 e. The van der Waals surface area contributed by atoms with E-state index in [2.05, 4.69) is 5.32 Å². The fourth-order valence-electron chi connectivity index (χ4n) is 1.84. The van der Waals surface area contributed by atoms with Crippen LogP contribution in [-0.2, 0) is 19.0 Å². The molecule has 1 N–H and O–H groups in total. The van der Waals surface area contributed by atoms with Crippen LogP contribution in [0.5, 0.6) is 0 Å². The summed E-state index contributed by atoms with van der Waals surface area (Å²) >= 11 is 0. The average Bonchev–Trinajstić information content (AvgIpc) is 2.19. The Morgan fingerprint density at radius 1 is 1.53 bits per heavy atom. The van der Waals surface area contributed by atoms with Gasteiger partial charge in [-0.25, -0.2) is 0 Å². The fraction of sp³-hybridized carbons (Fsp3) is 0.917. The van der Waals surface area contributed by atoms with Crippen molar-refractivity contribution < 1.29 is 19.0 Å². The minimum atomic E-state index is -0.687. The Labute approximate surface area is 103 Å². The fourth-order valence-corrected chi connectivity index (χ4v) is 1.84. The van der Waals surface area contributed by atoms with Crippen LogP contribution in [0, 0.1) is 0 Å². The summed E-state index contributed by atoms with van der Waals surface area (Å²) in [6.45, 7) is 7.70. The lowest BCUT2D eigenvalue weighted by molar-refractivity contribution is -0.152. The van der Waals surface area contributed by atoms with Crippen molar-refractivity contribution in [3.8, 4) is 0 Å². The van der Waals surface area contributed by atoms with Gasteiger partial charge in [-0.05, 0) is 27.2 Å². The number of ether oxygens (including phenoxy) is 3. The Morgan fingerprint density at radius 3 is 2.59 bits per heavy atom. The molecule has 1 aliphatic rings. The highest BCUT2D eigenvalue weighted by Gasteiger charge is 2.35. The molecule has 17 heavy (non-hydrogen) atoms. The zero-order chi connectivity index (χ0) is 12.9. The third kappa shape index (κ3) is 4.26. The van der Waals surface area contributed by atoms with Crippen molar-refractivity contribution >= 4 is 5.97 Å². The molecule has 1 heterocycles. The van der Waals surface area contributed by atoms with Gasteiger partial charge in [0.25, 0.3) is 0 Å². The molecule has 0 aromatic heterocycles.